The molecule has 4 nitrogen and oxygen atoms in total. The Hall–Kier alpha value is -0.320. The summed E-state index contributed by atoms with van der Waals surface area (Å²) < 4.78 is 0. The smallest absolute Gasteiger partial charge is 0.240 e. The normalized spacial score (nSPS) is 35.9. The van der Waals surface area contributed by atoms with Crippen LogP contribution in [0, 0.1) is 5.92 Å². The highest BCUT2D eigenvalue weighted by Gasteiger charge is 2.35. The molecule has 1 aliphatic heterocycles. The Balaban J connectivity index is 0.00000162. The summed E-state index contributed by atoms with van der Waals surface area (Å²) in [5, 5.41) is 16.0. The molecule has 18 heavy (non-hydrogen) atoms. The third kappa shape index (κ3) is 3.59. The molecule has 0 aromatic heterocycles. The van der Waals surface area contributed by atoms with Crippen molar-refractivity contribution in [1.82, 2.24) is 10.6 Å². The summed E-state index contributed by atoms with van der Waals surface area (Å²) in [7, 11) is 0. The highest BCUT2D eigenvalue weighted by atomic mass is 35.5. The van der Waals surface area contributed by atoms with E-state index in [1.54, 1.807) is 0 Å². The number of carbonyl (C=O) groups is 1. The van der Waals surface area contributed by atoms with E-state index in [1.165, 1.54) is 0 Å². The van der Waals surface area contributed by atoms with Crippen molar-refractivity contribution in [3.8, 4) is 0 Å². The van der Waals surface area contributed by atoms with Crippen molar-refractivity contribution in [2.45, 2.75) is 57.1 Å². The maximum absolute atomic E-state index is 12.1. The minimum Gasteiger partial charge on any atom is -0.393 e. The van der Waals surface area contributed by atoms with Crippen LogP contribution >= 0.6 is 12.4 Å². The predicted octanol–water partition coefficient (Wildman–Crippen LogP) is 1.22. The molecule has 5 heteroatoms. The first-order valence-electron chi connectivity index (χ1n) is 6.83. The number of hydrogen-bond acceptors (Lipinski definition) is 3. The number of carbonyl (C=O) groups excluding carboxylic acids is 1. The second-order valence-electron chi connectivity index (χ2n) is 5.68. The topological polar surface area (TPSA) is 61.4 Å². The lowest BCUT2D eigenvalue weighted by molar-refractivity contribution is -0.128. The number of hydrogen-bond donors (Lipinski definition) is 3. The number of piperidine rings is 1. The molecule has 1 aliphatic carbocycles. The Morgan fingerprint density at radius 2 is 2.17 bits per heavy atom. The van der Waals surface area contributed by atoms with E-state index in [9.17, 15) is 9.90 Å². The number of aliphatic hydroxyl groups excluding tert-OH is 1. The lowest BCUT2D eigenvalue weighted by Gasteiger charge is -2.34. The van der Waals surface area contributed by atoms with E-state index in [-0.39, 0.29) is 30.3 Å². The molecule has 0 aromatic rings. The van der Waals surface area contributed by atoms with Crippen molar-refractivity contribution in [1.29, 1.82) is 0 Å². The Morgan fingerprint density at radius 3 is 2.72 bits per heavy atom. The van der Waals surface area contributed by atoms with Crippen molar-refractivity contribution >= 4 is 18.3 Å². The van der Waals surface area contributed by atoms with Gasteiger partial charge >= 0.3 is 0 Å². The summed E-state index contributed by atoms with van der Waals surface area (Å²) >= 11 is 0. The zero-order valence-corrected chi connectivity index (χ0v) is 11.9. The molecule has 106 valence electrons. The molecular formula is C13H25ClN2O2. The van der Waals surface area contributed by atoms with Gasteiger partial charge in [0.1, 0.15) is 0 Å². The fourth-order valence-electron chi connectivity index (χ4n) is 2.92. The van der Waals surface area contributed by atoms with Crippen LogP contribution in [0.25, 0.3) is 0 Å². The molecule has 0 radical (unpaired) electrons. The third-order valence-corrected chi connectivity index (χ3v) is 4.26. The van der Waals surface area contributed by atoms with E-state index in [0.717, 1.165) is 45.1 Å². The van der Waals surface area contributed by atoms with Crippen LogP contribution in [0.3, 0.4) is 0 Å². The van der Waals surface area contributed by atoms with Crippen LogP contribution in [-0.4, -0.2) is 35.7 Å². The minimum atomic E-state index is -0.401. The van der Waals surface area contributed by atoms with Crippen LogP contribution in [0.1, 0.15) is 45.4 Å². The quantitative estimate of drug-likeness (QED) is 0.726. The highest BCUT2D eigenvalue weighted by Crippen LogP contribution is 2.25. The van der Waals surface area contributed by atoms with Crippen LogP contribution < -0.4 is 10.6 Å². The van der Waals surface area contributed by atoms with Crippen molar-refractivity contribution in [2.24, 2.45) is 5.92 Å². The van der Waals surface area contributed by atoms with Crippen LogP contribution in [-0.2, 0) is 4.79 Å². The van der Waals surface area contributed by atoms with Crippen LogP contribution in [0.2, 0.25) is 0 Å². The maximum atomic E-state index is 12.1. The summed E-state index contributed by atoms with van der Waals surface area (Å²) in [6.45, 7) is 3.53. The first-order chi connectivity index (χ1) is 8.12. The zero-order valence-electron chi connectivity index (χ0n) is 11.1. The van der Waals surface area contributed by atoms with Gasteiger partial charge in [-0.15, -0.1) is 12.4 Å². The van der Waals surface area contributed by atoms with Gasteiger partial charge in [0.15, 0.2) is 0 Å². The van der Waals surface area contributed by atoms with E-state index >= 15 is 0 Å². The summed E-state index contributed by atoms with van der Waals surface area (Å²) in [5.74, 6) is 0.349. The molecule has 0 bridgehead atoms. The number of halogens is 1. The van der Waals surface area contributed by atoms with Crippen LogP contribution in [0.4, 0.5) is 0 Å². The van der Waals surface area contributed by atoms with Crippen molar-refractivity contribution < 1.29 is 9.90 Å². The Labute approximate surface area is 115 Å². The summed E-state index contributed by atoms with van der Waals surface area (Å²) in [4.78, 5) is 12.1. The van der Waals surface area contributed by atoms with Gasteiger partial charge in [-0.2, -0.15) is 0 Å². The first kappa shape index (κ1) is 15.7. The van der Waals surface area contributed by atoms with E-state index in [1.807, 2.05) is 6.92 Å². The molecular weight excluding hydrogens is 252 g/mol. The first-order valence-corrected chi connectivity index (χ1v) is 6.83. The van der Waals surface area contributed by atoms with Crippen molar-refractivity contribution in [3.05, 3.63) is 0 Å². The molecule has 1 saturated heterocycles. The summed E-state index contributed by atoms with van der Waals surface area (Å²) in [5.41, 5.74) is -0.401. The predicted molar refractivity (Wildman–Crippen MR) is 73.9 cm³/mol. The van der Waals surface area contributed by atoms with E-state index in [2.05, 4.69) is 10.6 Å². The number of rotatable bonds is 3. The van der Waals surface area contributed by atoms with E-state index < -0.39 is 5.54 Å². The average Bonchev–Trinajstić information content (AvgIpc) is 2.73. The zero-order chi connectivity index (χ0) is 12.3. The standard InChI is InChI=1S/C13H24N2O2.ClH/c1-13(7-2-3-8-15-13)12(17)14-9-10-5-4-6-11(10)16;/h10-11,15-16H,2-9H2,1H3,(H,14,17);1H. The second kappa shape index (κ2) is 6.73. The molecule has 3 N–H and O–H groups in total. The highest BCUT2D eigenvalue weighted by molar-refractivity contribution is 5.86. The Kier molecular flexibility index (Phi) is 5.89. The van der Waals surface area contributed by atoms with Gasteiger partial charge in [0, 0.05) is 12.5 Å². The third-order valence-electron chi connectivity index (χ3n) is 4.26. The second-order valence-corrected chi connectivity index (χ2v) is 5.68. The van der Waals surface area contributed by atoms with Crippen LogP contribution in [0.5, 0.6) is 0 Å². The number of amides is 1. The largest absolute Gasteiger partial charge is 0.393 e. The van der Waals surface area contributed by atoms with Gasteiger partial charge in [-0.1, -0.05) is 6.42 Å². The average molecular weight is 277 g/mol. The fraction of sp³-hybridized carbons (Fsp3) is 0.923. The Bertz CT molecular complexity index is 280. The molecule has 1 saturated carbocycles. The molecule has 2 fully saturated rings. The van der Waals surface area contributed by atoms with Gasteiger partial charge in [0.2, 0.25) is 5.91 Å². The number of aliphatic hydroxyl groups is 1. The van der Waals surface area contributed by atoms with E-state index in [4.69, 9.17) is 0 Å². The van der Waals surface area contributed by atoms with Gasteiger partial charge in [0.25, 0.3) is 0 Å². The molecule has 3 atom stereocenters. The van der Waals surface area contributed by atoms with Crippen molar-refractivity contribution in [2.75, 3.05) is 13.1 Å². The molecule has 2 rings (SSSR count). The van der Waals surface area contributed by atoms with Gasteiger partial charge in [-0.05, 0) is 45.6 Å². The monoisotopic (exact) mass is 276 g/mol. The van der Waals surface area contributed by atoms with Gasteiger partial charge in [0.05, 0.1) is 11.6 Å². The SMILES string of the molecule is CC1(C(=O)NCC2CCCC2O)CCCCN1.Cl. The van der Waals surface area contributed by atoms with Crippen LogP contribution in [0.15, 0.2) is 0 Å². The molecule has 0 spiro atoms. The molecule has 1 amide bonds. The lowest BCUT2D eigenvalue weighted by atomic mass is 9.90. The summed E-state index contributed by atoms with van der Waals surface area (Å²) in [6.07, 6.45) is 5.96. The molecule has 3 unspecified atom stereocenters. The molecule has 2 aliphatic rings. The lowest BCUT2D eigenvalue weighted by Crippen LogP contribution is -2.57. The number of nitrogens with one attached hydrogen (secondary N) is 2. The molecule has 1 heterocycles. The van der Waals surface area contributed by atoms with Gasteiger partial charge < -0.3 is 15.7 Å². The van der Waals surface area contributed by atoms with Gasteiger partial charge in [-0.3, -0.25) is 4.79 Å². The summed E-state index contributed by atoms with van der Waals surface area (Å²) in [6, 6.07) is 0. The minimum absolute atomic E-state index is 0. The maximum Gasteiger partial charge on any atom is 0.240 e. The van der Waals surface area contributed by atoms with E-state index in [0.29, 0.717) is 6.54 Å². The van der Waals surface area contributed by atoms with Crippen molar-refractivity contribution in [3.63, 3.8) is 0 Å². The van der Waals surface area contributed by atoms with Gasteiger partial charge in [-0.25, -0.2) is 0 Å². The Morgan fingerprint density at radius 1 is 1.39 bits per heavy atom. The fourth-order valence-corrected chi connectivity index (χ4v) is 2.92. The molecule has 0 aromatic carbocycles.